The number of anilines is 6. The molecule has 4 nitrogen and oxygen atoms in total. The molecular formula is C68H54BN3O. The van der Waals surface area contributed by atoms with E-state index in [4.69, 9.17) is 4.74 Å². The first-order valence-electron chi connectivity index (χ1n) is 25.7. The van der Waals surface area contributed by atoms with Crippen molar-refractivity contribution in [2.24, 2.45) is 0 Å². The topological polar surface area (TPSA) is 20.6 Å². The lowest BCUT2D eigenvalue weighted by atomic mass is 9.33. The van der Waals surface area contributed by atoms with Gasteiger partial charge in [-0.1, -0.05) is 187 Å². The van der Waals surface area contributed by atoms with Crippen molar-refractivity contribution in [1.82, 2.24) is 4.57 Å². The number of hydrogen-bond acceptors (Lipinski definition) is 3. The molecular weight excluding hydrogens is 886 g/mol. The van der Waals surface area contributed by atoms with Crippen LogP contribution in [0.4, 0.5) is 34.1 Å². The third kappa shape index (κ3) is 6.68. The van der Waals surface area contributed by atoms with Gasteiger partial charge in [0.1, 0.15) is 11.5 Å². The van der Waals surface area contributed by atoms with Gasteiger partial charge in [-0.05, 0) is 122 Å². The molecule has 73 heavy (non-hydrogen) atoms. The van der Waals surface area contributed by atoms with Gasteiger partial charge in [0.15, 0.2) is 0 Å². The highest BCUT2D eigenvalue weighted by molar-refractivity contribution is 7.00. The summed E-state index contributed by atoms with van der Waals surface area (Å²) in [4.78, 5) is 5.21. The Balaban J connectivity index is 1.14. The number of nitrogens with zero attached hydrogens (tertiary/aromatic N) is 3. The van der Waals surface area contributed by atoms with Crippen molar-refractivity contribution in [1.29, 1.82) is 0 Å². The zero-order chi connectivity index (χ0) is 49.3. The summed E-state index contributed by atoms with van der Waals surface area (Å²) in [5, 5.41) is 2.50. The van der Waals surface area contributed by atoms with Gasteiger partial charge in [0.05, 0.1) is 16.7 Å². The van der Waals surface area contributed by atoms with Crippen LogP contribution in [0.15, 0.2) is 218 Å². The first-order valence-corrected chi connectivity index (χ1v) is 25.7. The van der Waals surface area contributed by atoms with Crippen LogP contribution in [0.5, 0.6) is 11.5 Å². The molecule has 0 radical (unpaired) electrons. The molecule has 0 saturated carbocycles. The van der Waals surface area contributed by atoms with Crippen LogP contribution in [0.1, 0.15) is 52.7 Å². The fourth-order valence-electron chi connectivity index (χ4n) is 12.1. The highest BCUT2D eigenvalue weighted by Crippen LogP contribution is 2.54. The number of fused-ring (bicyclic) bond motifs is 13. The van der Waals surface area contributed by atoms with Crippen LogP contribution in [0.25, 0.3) is 60.9 Å². The zero-order valence-corrected chi connectivity index (χ0v) is 42.1. The molecule has 11 aromatic rings. The van der Waals surface area contributed by atoms with Gasteiger partial charge in [0.25, 0.3) is 6.71 Å². The Morgan fingerprint density at radius 2 is 0.890 bits per heavy atom. The molecule has 0 atom stereocenters. The lowest BCUT2D eigenvalue weighted by molar-refractivity contribution is 0.486. The Morgan fingerprint density at radius 3 is 1.55 bits per heavy atom. The molecule has 0 spiro atoms. The Kier molecular flexibility index (Phi) is 9.47. The van der Waals surface area contributed by atoms with Crippen molar-refractivity contribution in [2.45, 2.75) is 52.4 Å². The summed E-state index contributed by atoms with van der Waals surface area (Å²) < 4.78 is 9.60. The minimum Gasteiger partial charge on any atom is -0.456 e. The Hall–Kier alpha value is -8.54. The third-order valence-electron chi connectivity index (χ3n) is 15.7. The molecule has 350 valence electrons. The lowest BCUT2D eigenvalue weighted by Gasteiger charge is -2.46. The third-order valence-corrected chi connectivity index (χ3v) is 15.7. The van der Waals surface area contributed by atoms with Crippen molar-refractivity contribution >= 4 is 79.0 Å². The van der Waals surface area contributed by atoms with Crippen LogP contribution >= 0.6 is 0 Å². The van der Waals surface area contributed by atoms with E-state index in [9.17, 15) is 0 Å². The average Bonchev–Trinajstić information content (AvgIpc) is 3.75. The Bertz CT molecular complexity index is 3990. The average molecular weight is 940 g/mol. The molecule has 3 aliphatic heterocycles. The molecule has 14 rings (SSSR count). The van der Waals surface area contributed by atoms with Crippen LogP contribution in [-0.4, -0.2) is 11.3 Å². The monoisotopic (exact) mass is 939 g/mol. The summed E-state index contributed by atoms with van der Waals surface area (Å²) in [6.07, 6.45) is 0. The molecule has 4 heterocycles. The largest absolute Gasteiger partial charge is 0.456 e. The van der Waals surface area contributed by atoms with E-state index in [1.165, 1.54) is 83.2 Å². The fraction of sp³-hybridized carbons (Fsp3) is 0.118. The molecule has 0 saturated heterocycles. The van der Waals surface area contributed by atoms with E-state index in [1.54, 1.807) is 0 Å². The van der Waals surface area contributed by atoms with Crippen LogP contribution < -0.4 is 30.9 Å². The molecule has 0 unspecified atom stereocenters. The second-order valence-electron chi connectivity index (χ2n) is 22.1. The minimum atomic E-state index is -0.197. The molecule has 0 aliphatic carbocycles. The molecule has 5 heteroatoms. The molecule has 0 bridgehead atoms. The van der Waals surface area contributed by atoms with E-state index >= 15 is 0 Å². The molecule has 3 aliphatic rings. The van der Waals surface area contributed by atoms with Crippen molar-refractivity contribution in [2.75, 3.05) is 9.80 Å². The van der Waals surface area contributed by atoms with Gasteiger partial charge in [0.2, 0.25) is 0 Å². The number of hydrogen-bond donors (Lipinski definition) is 0. The van der Waals surface area contributed by atoms with Crippen LogP contribution in [0, 0.1) is 0 Å². The first kappa shape index (κ1) is 43.3. The summed E-state index contributed by atoms with van der Waals surface area (Å²) in [5.74, 6) is 1.67. The van der Waals surface area contributed by atoms with E-state index in [0.29, 0.717) is 0 Å². The minimum absolute atomic E-state index is 0.121. The maximum Gasteiger partial charge on any atom is 0.252 e. The van der Waals surface area contributed by atoms with Gasteiger partial charge in [0, 0.05) is 67.2 Å². The fourth-order valence-corrected chi connectivity index (χ4v) is 12.1. The zero-order valence-electron chi connectivity index (χ0n) is 42.1. The van der Waals surface area contributed by atoms with Gasteiger partial charge in [-0.2, -0.15) is 0 Å². The van der Waals surface area contributed by atoms with Gasteiger partial charge >= 0.3 is 0 Å². The normalized spacial score (nSPS) is 13.4. The molecule has 10 aromatic carbocycles. The highest BCUT2D eigenvalue weighted by Gasteiger charge is 2.46. The predicted molar refractivity (Wildman–Crippen MR) is 309 cm³/mol. The van der Waals surface area contributed by atoms with E-state index < -0.39 is 0 Å². The summed E-state index contributed by atoms with van der Waals surface area (Å²) in [5.41, 5.74) is 23.3. The smallest absolute Gasteiger partial charge is 0.252 e. The van der Waals surface area contributed by atoms with Crippen LogP contribution in [0.2, 0.25) is 0 Å². The Morgan fingerprint density at radius 1 is 0.370 bits per heavy atom. The van der Waals surface area contributed by atoms with Crippen molar-refractivity contribution in [3.8, 4) is 50.6 Å². The summed E-state index contributed by atoms with van der Waals surface area (Å²) in [6, 6.07) is 81.1. The van der Waals surface area contributed by atoms with Gasteiger partial charge in [-0.15, -0.1) is 0 Å². The first-order chi connectivity index (χ1) is 35.5. The van der Waals surface area contributed by atoms with Gasteiger partial charge in [-0.25, -0.2) is 0 Å². The van der Waals surface area contributed by atoms with Crippen LogP contribution in [0.3, 0.4) is 0 Å². The maximum absolute atomic E-state index is 7.14. The number of ether oxygens (including phenoxy) is 1. The van der Waals surface area contributed by atoms with Crippen molar-refractivity contribution in [3.05, 3.63) is 230 Å². The SMILES string of the molecule is CC(C)(C)c1cc2c3c(c1)-c1ccccc1Oc1ccccc1-c1ccccc1N3c1cc(C(C)(C)C)cc3c1B2c1ccc(-n2c4ccccc4c4ccccc42)cc1N3c1ccc(-c2ccccc2)cc1. The standard InChI is InChI=1S/C68H54BN3O/c1-67(2,3)45-38-54-53-26-14-19-31-64(53)73-63-30-18-13-25-52(63)51-24-12-17-29-59(51)72-62-41-46(68(4,5)6)40-61-65(62)69(56(39-45)66(54)72)55-37-36-48(71-57-27-15-10-22-49(57)50-23-11-16-28-58(50)71)42-60(55)70(61)47-34-32-44(33-35-47)43-20-8-7-9-21-43/h7-42H,1-6H3. The molecule has 0 amide bonds. The summed E-state index contributed by atoms with van der Waals surface area (Å²) in [6.45, 7) is 14.0. The van der Waals surface area contributed by atoms with E-state index in [2.05, 4.69) is 274 Å². The number of aromatic nitrogens is 1. The van der Waals surface area contributed by atoms with Gasteiger partial charge < -0.3 is 19.1 Å². The van der Waals surface area contributed by atoms with E-state index in [0.717, 1.165) is 50.8 Å². The second-order valence-corrected chi connectivity index (χ2v) is 22.1. The summed E-state index contributed by atoms with van der Waals surface area (Å²) >= 11 is 0. The number of rotatable bonds is 3. The molecule has 0 fully saturated rings. The number of para-hydroxylation sites is 5. The highest BCUT2D eigenvalue weighted by atomic mass is 16.5. The quantitative estimate of drug-likeness (QED) is 0.165. The van der Waals surface area contributed by atoms with Gasteiger partial charge in [-0.3, -0.25) is 0 Å². The number of benzene rings is 10. The summed E-state index contributed by atoms with van der Waals surface area (Å²) in [7, 11) is 0. The maximum atomic E-state index is 7.14. The second kappa shape index (κ2) is 16.0. The molecule has 1 aromatic heterocycles. The predicted octanol–water partition coefficient (Wildman–Crippen LogP) is 16.6. The molecule has 0 N–H and O–H groups in total. The lowest BCUT2D eigenvalue weighted by Crippen LogP contribution is -2.62. The van der Waals surface area contributed by atoms with Crippen molar-refractivity contribution < 1.29 is 4.74 Å². The van der Waals surface area contributed by atoms with E-state index in [1.807, 2.05) is 0 Å². The van der Waals surface area contributed by atoms with Crippen LogP contribution in [-0.2, 0) is 10.8 Å². The Labute approximate surface area is 428 Å². The van der Waals surface area contributed by atoms with E-state index in [-0.39, 0.29) is 17.5 Å². The van der Waals surface area contributed by atoms with Crippen molar-refractivity contribution in [3.63, 3.8) is 0 Å².